The zero-order valence-corrected chi connectivity index (χ0v) is 12.1. The van der Waals surface area contributed by atoms with Gasteiger partial charge < -0.3 is 10.6 Å². The number of hydrogen-bond acceptors (Lipinski definition) is 2. The van der Waals surface area contributed by atoms with Gasteiger partial charge in [-0.2, -0.15) is 0 Å². The summed E-state index contributed by atoms with van der Waals surface area (Å²) >= 11 is 0. The van der Waals surface area contributed by atoms with Gasteiger partial charge in [-0.05, 0) is 18.8 Å². The van der Waals surface area contributed by atoms with E-state index in [1.54, 1.807) is 0 Å². The molecule has 0 bridgehead atoms. The van der Waals surface area contributed by atoms with Crippen LogP contribution < -0.4 is 10.6 Å². The maximum atomic E-state index is 11.1. The van der Waals surface area contributed by atoms with Gasteiger partial charge in [0.25, 0.3) is 0 Å². The van der Waals surface area contributed by atoms with Gasteiger partial charge in [-0.1, -0.05) is 33.6 Å². The van der Waals surface area contributed by atoms with Crippen molar-refractivity contribution in [2.75, 3.05) is 13.1 Å². The van der Waals surface area contributed by atoms with Crippen molar-refractivity contribution in [3.63, 3.8) is 0 Å². The summed E-state index contributed by atoms with van der Waals surface area (Å²) < 4.78 is 0. The van der Waals surface area contributed by atoms with E-state index in [1.165, 1.54) is 0 Å². The lowest BCUT2D eigenvalue weighted by Gasteiger charge is -2.16. The number of hydrogen-bond donors (Lipinski definition) is 2. The highest BCUT2D eigenvalue weighted by Gasteiger charge is 2.08. The molecule has 0 heterocycles. The predicted molar refractivity (Wildman–Crippen MR) is 74.2 cm³/mol. The zero-order valence-electron chi connectivity index (χ0n) is 12.1. The van der Waals surface area contributed by atoms with Crippen molar-refractivity contribution < 1.29 is 9.59 Å². The molecule has 0 fully saturated rings. The second-order valence-corrected chi connectivity index (χ2v) is 4.64. The van der Waals surface area contributed by atoms with Gasteiger partial charge in [-0.25, -0.2) is 0 Å². The Labute approximate surface area is 111 Å². The molecule has 0 saturated heterocycles. The highest BCUT2D eigenvalue weighted by atomic mass is 16.2. The molecule has 0 spiro atoms. The third-order valence-corrected chi connectivity index (χ3v) is 3.09. The van der Waals surface area contributed by atoms with Crippen LogP contribution in [0.25, 0.3) is 0 Å². The fraction of sp³-hybridized carbons (Fsp3) is 0.857. The predicted octanol–water partition coefficient (Wildman–Crippen LogP) is 2.24. The highest BCUT2D eigenvalue weighted by molar-refractivity contribution is 5.75. The molecule has 0 radical (unpaired) electrons. The Morgan fingerprint density at radius 1 is 0.833 bits per heavy atom. The Balaban J connectivity index is 3.77. The second kappa shape index (κ2) is 11.1. The van der Waals surface area contributed by atoms with Crippen LogP contribution in [0.15, 0.2) is 0 Å². The summed E-state index contributed by atoms with van der Waals surface area (Å²) in [6.45, 7) is 7.39. The van der Waals surface area contributed by atoms with Crippen LogP contribution in [0.4, 0.5) is 0 Å². The van der Waals surface area contributed by atoms with E-state index in [4.69, 9.17) is 0 Å². The van der Waals surface area contributed by atoms with Crippen molar-refractivity contribution in [2.24, 2.45) is 5.92 Å². The topological polar surface area (TPSA) is 58.2 Å². The average molecular weight is 256 g/mol. The van der Waals surface area contributed by atoms with Crippen molar-refractivity contribution >= 4 is 11.8 Å². The molecule has 0 rings (SSSR count). The zero-order chi connectivity index (χ0) is 13.8. The molecular weight excluding hydrogens is 228 g/mol. The number of rotatable bonds is 10. The standard InChI is InChI=1S/C14H28N2O2/c1-4-7-12(8-10-15-13(17)5-2)9-11-16-14(18)6-3/h12H,4-11H2,1-3H3,(H,15,17)(H,16,18). The van der Waals surface area contributed by atoms with E-state index in [-0.39, 0.29) is 11.8 Å². The molecular formula is C14H28N2O2. The molecule has 0 aromatic rings. The fourth-order valence-corrected chi connectivity index (χ4v) is 1.92. The van der Waals surface area contributed by atoms with Crippen LogP contribution in [0, 0.1) is 5.92 Å². The van der Waals surface area contributed by atoms with Gasteiger partial charge >= 0.3 is 0 Å². The Kier molecular flexibility index (Phi) is 10.4. The molecule has 0 aromatic carbocycles. The van der Waals surface area contributed by atoms with E-state index in [2.05, 4.69) is 17.6 Å². The monoisotopic (exact) mass is 256 g/mol. The number of nitrogens with one attached hydrogen (secondary N) is 2. The van der Waals surface area contributed by atoms with Gasteiger partial charge in [-0.15, -0.1) is 0 Å². The number of carbonyl (C=O) groups excluding carboxylic acids is 2. The van der Waals surface area contributed by atoms with E-state index in [1.807, 2.05) is 13.8 Å². The van der Waals surface area contributed by atoms with Gasteiger partial charge in [-0.3, -0.25) is 9.59 Å². The van der Waals surface area contributed by atoms with E-state index in [9.17, 15) is 9.59 Å². The Bertz CT molecular complexity index is 220. The van der Waals surface area contributed by atoms with Crippen molar-refractivity contribution in [1.82, 2.24) is 10.6 Å². The van der Waals surface area contributed by atoms with Crippen LogP contribution in [-0.4, -0.2) is 24.9 Å². The van der Waals surface area contributed by atoms with Gasteiger partial charge in [0.2, 0.25) is 11.8 Å². The van der Waals surface area contributed by atoms with E-state index in [0.717, 1.165) is 38.8 Å². The van der Waals surface area contributed by atoms with Crippen LogP contribution in [0.3, 0.4) is 0 Å². The fourth-order valence-electron chi connectivity index (χ4n) is 1.92. The maximum absolute atomic E-state index is 11.1. The molecule has 4 nitrogen and oxygen atoms in total. The average Bonchev–Trinajstić information content (AvgIpc) is 2.38. The first kappa shape index (κ1) is 16.9. The van der Waals surface area contributed by atoms with Gasteiger partial charge in [0.15, 0.2) is 0 Å². The molecule has 18 heavy (non-hydrogen) atoms. The summed E-state index contributed by atoms with van der Waals surface area (Å²) in [5.74, 6) is 0.818. The van der Waals surface area contributed by atoms with Crippen LogP contribution >= 0.6 is 0 Å². The van der Waals surface area contributed by atoms with Crippen LogP contribution in [0.5, 0.6) is 0 Å². The van der Waals surface area contributed by atoms with Gasteiger partial charge in [0, 0.05) is 25.9 Å². The van der Waals surface area contributed by atoms with Gasteiger partial charge in [0.05, 0.1) is 0 Å². The van der Waals surface area contributed by atoms with E-state index < -0.39 is 0 Å². The first-order valence-electron chi connectivity index (χ1n) is 7.17. The first-order valence-corrected chi connectivity index (χ1v) is 7.17. The summed E-state index contributed by atoms with van der Waals surface area (Å²) in [5, 5.41) is 5.81. The molecule has 0 atom stereocenters. The number of carbonyl (C=O) groups is 2. The van der Waals surface area contributed by atoms with E-state index in [0.29, 0.717) is 18.8 Å². The molecule has 2 N–H and O–H groups in total. The summed E-state index contributed by atoms with van der Waals surface area (Å²) in [7, 11) is 0. The Hall–Kier alpha value is -1.06. The summed E-state index contributed by atoms with van der Waals surface area (Å²) in [4.78, 5) is 22.3. The number of amides is 2. The lowest BCUT2D eigenvalue weighted by Crippen LogP contribution is -2.27. The Morgan fingerprint density at radius 3 is 1.61 bits per heavy atom. The van der Waals surface area contributed by atoms with Crippen molar-refractivity contribution in [2.45, 2.75) is 59.3 Å². The minimum absolute atomic E-state index is 0.115. The highest BCUT2D eigenvalue weighted by Crippen LogP contribution is 2.14. The molecule has 0 saturated carbocycles. The molecule has 0 unspecified atom stereocenters. The molecule has 0 aromatic heterocycles. The first-order chi connectivity index (χ1) is 8.63. The van der Waals surface area contributed by atoms with Crippen LogP contribution in [0.2, 0.25) is 0 Å². The van der Waals surface area contributed by atoms with Crippen molar-refractivity contribution in [3.05, 3.63) is 0 Å². The quantitative estimate of drug-likeness (QED) is 0.630. The molecule has 0 aliphatic heterocycles. The SMILES string of the molecule is CCCC(CCNC(=O)CC)CCNC(=O)CC. The summed E-state index contributed by atoms with van der Waals surface area (Å²) in [5.41, 5.74) is 0. The van der Waals surface area contributed by atoms with Crippen LogP contribution in [0.1, 0.15) is 59.3 Å². The third-order valence-electron chi connectivity index (χ3n) is 3.09. The lowest BCUT2D eigenvalue weighted by atomic mass is 9.96. The summed E-state index contributed by atoms with van der Waals surface area (Å²) in [6.07, 6.45) is 5.40. The molecule has 2 amide bonds. The minimum Gasteiger partial charge on any atom is -0.356 e. The van der Waals surface area contributed by atoms with Gasteiger partial charge in [0.1, 0.15) is 0 Å². The molecule has 106 valence electrons. The lowest BCUT2D eigenvalue weighted by molar-refractivity contribution is -0.121. The normalized spacial score (nSPS) is 10.4. The largest absolute Gasteiger partial charge is 0.356 e. The Morgan fingerprint density at radius 2 is 1.28 bits per heavy atom. The van der Waals surface area contributed by atoms with E-state index >= 15 is 0 Å². The maximum Gasteiger partial charge on any atom is 0.219 e. The van der Waals surface area contributed by atoms with Crippen molar-refractivity contribution in [3.8, 4) is 0 Å². The molecule has 0 aliphatic rings. The molecule has 0 aliphatic carbocycles. The smallest absolute Gasteiger partial charge is 0.219 e. The van der Waals surface area contributed by atoms with Crippen molar-refractivity contribution in [1.29, 1.82) is 0 Å². The second-order valence-electron chi connectivity index (χ2n) is 4.64. The third kappa shape index (κ3) is 9.02. The minimum atomic E-state index is 0.115. The molecule has 4 heteroatoms. The summed E-state index contributed by atoms with van der Waals surface area (Å²) in [6, 6.07) is 0. The van der Waals surface area contributed by atoms with Crippen LogP contribution in [-0.2, 0) is 9.59 Å².